The Kier molecular flexibility index (Phi) is 4.69. The van der Waals surface area contributed by atoms with Crippen molar-refractivity contribution in [2.75, 3.05) is 46.3 Å². The van der Waals surface area contributed by atoms with E-state index in [1.165, 1.54) is 0 Å². The van der Waals surface area contributed by atoms with Crippen LogP contribution >= 0.6 is 0 Å². The van der Waals surface area contributed by atoms with Gasteiger partial charge in [-0.25, -0.2) is 0 Å². The number of furan rings is 1. The topological polar surface area (TPSA) is 57.7 Å². The first-order valence-electron chi connectivity index (χ1n) is 7.42. The minimum absolute atomic E-state index is 0.686. The summed E-state index contributed by atoms with van der Waals surface area (Å²) in [6.45, 7) is 7.39. The average molecular weight is 290 g/mol. The van der Waals surface area contributed by atoms with Gasteiger partial charge in [0.15, 0.2) is 5.76 Å². The number of nitrogens with one attached hydrogen (secondary N) is 1. The SMILES string of the molecule is CN(CCN1CCNCC1)Cc1cc(-c2ccco2)on1. The lowest BCUT2D eigenvalue weighted by atomic mass is 10.3. The van der Waals surface area contributed by atoms with Gasteiger partial charge in [-0.2, -0.15) is 0 Å². The lowest BCUT2D eigenvalue weighted by molar-refractivity contribution is 0.200. The quantitative estimate of drug-likeness (QED) is 0.864. The maximum Gasteiger partial charge on any atom is 0.202 e. The molecule has 0 amide bonds. The Bertz CT molecular complexity index is 532. The van der Waals surface area contributed by atoms with Crippen molar-refractivity contribution in [3.8, 4) is 11.5 Å². The van der Waals surface area contributed by atoms with Gasteiger partial charge in [0.25, 0.3) is 0 Å². The fourth-order valence-electron chi connectivity index (χ4n) is 2.52. The van der Waals surface area contributed by atoms with Gasteiger partial charge in [0.1, 0.15) is 0 Å². The Balaban J connectivity index is 1.47. The Labute approximate surface area is 124 Å². The molecule has 114 valence electrons. The van der Waals surface area contributed by atoms with E-state index in [-0.39, 0.29) is 0 Å². The van der Waals surface area contributed by atoms with Crippen molar-refractivity contribution in [1.29, 1.82) is 0 Å². The monoisotopic (exact) mass is 290 g/mol. The van der Waals surface area contributed by atoms with Crippen LogP contribution in [0.2, 0.25) is 0 Å². The van der Waals surface area contributed by atoms with Crippen LogP contribution < -0.4 is 5.32 Å². The molecule has 1 saturated heterocycles. The predicted molar refractivity (Wildman–Crippen MR) is 79.8 cm³/mol. The zero-order chi connectivity index (χ0) is 14.5. The summed E-state index contributed by atoms with van der Waals surface area (Å²) in [7, 11) is 2.11. The third kappa shape index (κ3) is 3.93. The fourth-order valence-corrected chi connectivity index (χ4v) is 2.52. The highest BCUT2D eigenvalue weighted by Crippen LogP contribution is 2.20. The molecule has 0 aliphatic carbocycles. The van der Waals surface area contributed by atoms with E-state index in [4.69, 9.17) is 8.94 Å². The van der Waals surface area contributed by atoms with E-state index >= 15 is 0 Å². The van der Waals surface area contributed by atoms with Crippen molar-refractivity contribution in [2.24, 2.45) is 0 Å². The normalized spacial score (nSPS) is 16.7. The minimum Gasteiger partial charge on any atom is -0.461 e. The molecular formula is C15H22N4O2. The summed E-state index contributed by atoms with van der Waals surface area (Å²) >= 11 is 0. The number of hydrogen-bond acceptors (Lipinski definition) is 6. The molecule has 6 heteroatoms. The van der Waals surface area contributed by atoms with Gasteiger partial charge in [0, 0.05) is 51.9 Å². The first kappa shape index (κ1) is 14.3. The van der Waals surface area contributed by atoms with Gasteiger partial charge >= 0.3 is 0 Å². The highest BCUT2D eigenvalue weighted by Gasteiger charge is 2.13. The first-order chi connectivity index (χ1) is 10.3. The smallest absolute Gasteiger partial charge is 0.202 e. The molecule has 0 saturated carbocycles. The summed E-state index contributed by atoms with van der Waals surface area (Å²) in [4.78, 5) is 4.76. The van der Waals surface area contributed by atoms with Gasteiger partial charge in [-0.15, -0.1) is 0 Å². The van der Waals surface area contributed by atoms with Gasteiger partial charge < -0.3 is 14.3 Å². The summed E-state index contributed by atoms with van der Waals surface area (Å²) in [5.41, 5.74) is 0.934. The standard InChI is InChI=1S/C15H22N4O2/c1-18(8-9-19-6-4-16-5-7-19)12-13-11-15(21-17-13)14-3-2-10-20-14/h2-3,10-11,16H,4-9,12H2,1H3. The molecule has 1 N–H and O–H groups in total. The molecule has 1 aliphatic rings. The molecular weight excluding hydrogens is 268 g/mol. The van der Waals surface area contributed by atoms with Gasteiger partial charge in [0.2, 0.25) is 5.76 Å². The molecule has 0 atom stereocenters. The summed E-state index contributed by atoms with van der Waals surface area (Å²) < 4.78 is 10.6. The molecule has 2 aromatic heterocycles. The summed E-state index contributed by atoms with van der Waals surface area (Å²) in [5, 5.41) is 7.48. The largest absolute Gasteiger partial charge is 0.461 e. The third-order valence-electron chi connectivity index (χ3n) is 3.76. The summed E-state index contributed by atoms with van der Waals surface area (Å²) in [5.74, 6) is 1.41. The lowest BCUT2D eigenvalue weighted by Gasteiger charge is -2.28. The summed E-state index contributed by atoms with van der Waals surface area (Å²) in [6.07, 6.45) is 1.64. The van der Waals surface area contributed by atoms with Crippen LogP contribution in [0.15, 0.2) is 33.4 Å². The first-order valence-corrected chi connectivity index (χ1v) is 7.42. The zero-order valence-corrected chi connectivity index (χ0v) is 12.4. The molecule has 21 heavy (non-hydrogen) atoms. The van der Waals surface area contributed by atoms with Gasteiger partial charge in [-0.05, 0) is 19.2 Å². The van der Waals surface area contributed by atoms with E-state index in [2.05, 4.69) is 27.3 Å². The van der Waals surface area contributed by atoms with Crippen LogP contribution in [0.25, 0.3) is 11.5 Å². The van der Waals surface area contributed by atoms with Crippen molar-refractivity contribution >= 4 is 0 Å². The molecule has 0 spiro atoms. The Hall–Kier alpha value is -1.63. The fraction of sp³-hybridized carbons (Fsp3) is 0.533. The van der Waals surface area contributed by atoms with E-state index in [0.29, 0.717) is 5.76 Å². The van der Waals surface area contributed by atoms with Crippen LogP contribution in [0.4, 0.5) is 0 Å². The van der Waals surface area contributed by atoms with Gasteiger partial charge in [0.05, 0.1) is 12.0 Å². The van der Waals surface area contributed by atoms with Crippen LogP contribution in [0, 0.1) is 0 Å². The maximum atomic E-state index is 5.32. The van der Waals surface area contributed by atoms with Crippen molar-refractivity contribution < 1.29 is 8.94 Å². The molecule has 0 unspecified atom stereocenters. The number of rotatable bonds is 6. The van der Waals surface area contributed by atoms with Crippen molar-refractivity contribution in [1.82, 2.24) is 20.3 Å². The number of aromatic nitrogens is 1. The number of likely N-dealkylation sites (N-methyl/N-ethyl adjacent to an activating group) is 1. The number of piperazine rings is 1. The van der Waals surface area contributed by atoms with E-state index in [1.807, 2.05) is 18.2 Å². The third-order valence-corrected chi connectivity index (χ3v) is 3.76. The Morgan fingerprint density at radius 3 is 2.95 bits per heavy atom. The van der Waals surface area contributed by atoms with E-state index in [9.17, 15) is 0 Å². The minimum atomic E-state index is 0.686. The van der Waals surface area contributed by atoms with Crippen molar-refractivity contribution in [2.45, 2.75) is 6.54 Å². The van der Waals surface area contributed by atoms with Crippen molar-refractivity contribution in [3.63, 3.8) is 0 Å². The van der Waals surface area contributed by atoms with Crippen LogP contribution in [-0.4, -0.2) is 61.3 Å². The predicted octanol–water partition coefficient (Wildman–Crippen LogP) is 1.27. The second-order valence-corrected chi connectivity index (χ2v) is 5.49. The molecule has 3 rings (SSSR count). The second kappa shape index (κ2) is 6.89. The molecule has 1 aliphatic heterocycles. The van der Waals surface area contributed by atoms with E-state index < -0.39 is 0 Å². The lowest BCUT2D eigenvalue weighted by Crippen LogP contribution is -2.45. The second-order valence-electron chi connectivity index (χ2n) is 5.49. The molecule has 1 fully saturated rings. The molecule has 6 nitrogen and oxygen atoms in total. The van der Waals surface area contributed by atoms with Crippen LogP contribution in [0.5, 0.6) is 0 Å². The molecule has 2 aromatic rings. The van der Waals surface area contributed by atoms with Crippen LogP contribution in [-0.2, 0) is 6.54 Å². The average Bonchev–Trinajstić information content (AvgIpc) is 3.17. The zero-order valence-electron chi connectivity index (χ0n) is 12.4. The Morgan fingerprint density at radius 1 is 1.33 bits per heavy atom. The van der Waals surface area contributed by atoms with Crippen LogP contribution in [0.1, 0.15) is 5.69 Å². The number of nitrogens with zero attached hydrogens (tertiary/aromatic N) is 3. The molecule has 0 radical (unpaired) electrons. The molecule has 0 bridgehead atoms. The Morgan fingerprint density at radius 2 is 2.19 bits per heavy atom. The molecule has 3 heterocycles. The van der Waals surface area contributed by atoms with Crippen LogP contribution in [0.3, 0.4) is 0 Å². The van der Waals surface area contributed by atoms with E-state index in [1.54, 1.807) is 6.26 Å². The van der Waals surface area contributed by atoms with E-state index in [0.717, 1.165) is 57.3 Å². The maximum absolute atomic E-state index is 5.32. The number of hydrogen-bond donors (Lipinski definition) is 1. The van der Waals surface area contributed by atoms with Gasteiger partial charge in [-0.3, -0.25) is 9.80 Å². The summed E-state index contributed by atoms with van der Waals surface area (Å²) in [6, 6.07) is 5.66. The van der Waals surface area contributed by atoms with Crippen molar-refractivity contribution in [3.05, 3.63) is 30.2 Å². The highest BCUT2D eigenvalue weighted by molar-refractivity contribution is 5.49. The molecule has 0 aromatic carbocycles. The highest BCUT2D eigenvalue weighted by atomic mass is 16.5. The van der Waals surface area contributed by atoms with Gasteiger partial charge in [-0.1, -0.05) is 5.16 Å².